The number of aromatic nitrogens is 2. The van der Waals surface area contributed by atoms with Gasteiger partial charge in [-0.25, -0.2) is 0 Å². The quantitative estimate of drug-likeness (QED) is 0.628. The van der Waals surface area contributed by atoms with Gasteiger partial charge in [0.2, 0.25) is 0 Å². The predicted octanol–water partition coefficient (Wildman–Crippen LogP) is 1.80. The Morgan fingerprint density at radius 1 is 1.44 bits per heavy atom. The van der Waals surface area contributed by atoms with E-state index in [0.29, 0.717) is 0 Å². The van der Waals surface area contributed by atoms with Crippen LogP contribution in [0.2, 0.25) is 0 Å². The summed E-state index contributed by atoms with van der Waals surface area (Å²) in [6.45, 7) is 1.05. The molecule has 0 fully saturated rings. The van der Waals surface area contributed by atoms with Crippen LogP contribution in [0.3, 0.4) is 0 Å². The topological polar surface area (TPSA) is 57.9 Å². The van der Waals surface area contributed by atoms with Crippen molar-refractivity contribution in [3.05, 3.63) is 18.3 Å². The van der Waals surface area contributed by atoms with Crippen LogP contribution < -0.4 is 5.73 Å². The van der Waals surface area contributed by atoms with Crippen molar-refractivity contribution >= 4 is 28.4 Å². The van der Waals surface area contributed by atoms with Gasteiger partial charge in [0.25, 0.3) is 0 Å². The van der Waals surface area contributed by atoms with E-state index in [-0.39, 0.29) is 0 Å². The number of hydrogen-bond acceptors (Lipinski definition) is 4. The van der Waals surface area contributed by atoms with Crippen molar-refractivity contribution in [2.45, 2.75) is 4.90 Å². The molecule has 4 nitrogen and oxygen atoms in total. The highest BCUT2D eigenvalue weighted by Gasteiger charge is 2.04. The normalized spacial score (nSPS) is 11.4. The lowest BCUT2D eigenvalue weighted by Crippen LogP contribution is -2.14. The lowest BCUT2D eigenvalue weighted by molar-refractivity contribution is 0.437. The molecule has 1 heterocycles. The maximum absolute atomic E-state index is 5.99. The van der Waals surface area contributed by atoms with Crippen LogP contribution in [0.5, 0.6) is 0 Å². The van der Waals surface area contributed by atoms with E-state index in [1.165, 1.54) is 0 Å². The van der Waals surface area contributed by atoms with Gasteiger partial charge in [0.1, 0.15) is 0 Å². The molecular formula is C11H16N4S. The first-order chi connectivity index (χ1) is 7.66. The molecule has 0 bridgehead atoms. The van der Waals surface area contributed by atoms with E-state index in [9.17, 15) is 0 Å². The van der Waals surface area contributed by atoms with Gasteiger partial charge in [-0.3, -0.25) is 5.10 Å². The number of anilines is 1. The number of rotatable bonds is 4. The molecular weight excluding hydrogens is 220 g/mol. The van der Waals surface area contributed by atoms with E-state index >= 15 is 0 Å². The summed E-state index contributed by atoms with van der Waals surface area (Å²) in [7, 11) is 4.14. The molecule has 0 atom stereocenters. The second-order valence-electron chi connectivity index (χ2n) is 4.00. The SMILES string of the molecule is CN(C)CCSc1cc2[nH]ncc2cc1N. The Hall–Kier alpha value is -1.20. The molecule has 2 rings (SSSR count). The van der Waals surface area contributed by atoms with Gasteiger partial charge >= 0.3 is 0 Å². The Morgan fingerprint density at radius 3 is 3.00 bits per heavy atom. The lowest BCUT2D eigenvalue weighted by atomic mass is 10.2. The first-order valence-corrected chi connectivity index (χ1v) is 6.15. The van der Waals surface area contributed by atoms with Crippen molar-refractivity contribution in [2.75, 3.05) is 32.1 Å². The molecule has 1 aromatic heterocycles. The van der Waals surface area contributed by atoms with Crippen LogP contribution in [0.4, 0.5) is 5.69 Å². The predicted molar refractivity (Wildman–Crippen MR) is 69.8 cm³/mol. The van der Waals surface area contributed by atoms with Crippen molar-refractivity contribution < 1.29 is 0 Å². The summed E-state index contributed by atoms with van der Waals surface area (Å²) in [5.41, 5.74) is 7.86. The number of fused-ring (bicyclic) bond motifs is 1. The summed E-state index contributed by atoms with van der Waals surface area (Å²) in [6, 6.07) is 4.04. The molecule has 2 aromatic rings. The zero-order chi connectivity index (χ0) is 11.5. The van der Waals surface area contributed by atoms with E-state index in [1.807, 2.05) is 6.07 Å². The van der Waals surface area contributed by atoms with Gasteiger partial charge in [-0.15, -0.1) is 11.8 Å². The maximum atomic E-state index is 5.99. The number of nitrogen functional groups attached to an aromatic ring is 1. The van der Waals surface area contributed by atoms with Crippen molar-refractivity contribution in [1.29, 1.82) is 0 Å². The van der Waals surface area contributed by atoms with Crippen LogP contribution in [0, 0.1) is 0 Å². The van der Waals surface area contributed by atoms with Crippen LogP contribution >= 0.6 is 11.8 Å². The number of nitrogens with two attached hydrogens (primary N) is 1. The first-order valence-electron chi connectivity index (χ1n) is 5.17. The number of aromatic amines is 1. The van der Waals surface area contributed by atoms with Gasteiger partial charge in [0.05, 0.1) is 11.7 Å². The fourth-order valence-electron chi connectivity index (χ4n) is 1.45. The highest BCUT2D eigenvalue weighted by atomic mass is 32.2. The van der Waals surface area contributed by atoms with Gasteiger partial charge in [-0.1, -0.05) is 0 Å². The molecule has 0 spiro atoms. The lowest BCUT2D eigenvalue weighted by Gasteiger charge is -2.10. The summed E-state index contributed by atoms with van der Waals surface area (Å²) >= 11 is 1.78. The first kappa shape index (κ1) is 11.3. The summed E-state index contributed by atoms with van der Waals surface area (Å²) in [5, 5.41) is 8.02. The zero-order valence-corrected chi connectivity index (χ0v) is 10.3. The molecule has 1 aromatic carbocycles. The third kappa shape index (κ3) is 2.48. The molecule has 0 saturated heterocycles. The van der Waals surface area contributed by atoms with Crippen molar-refractivity contribution in [2.24, 2.45) is 0 Å². The molecule has 3 N–H and O–H groups in total. The van der Waals surface area contributed by atoms with E-state index in [0.717, 1.165) is 33.8 Å². The number of benzene rings is 1. The van der Waals surface area contributed by atoms with Gasteiger partial charge in [0.15, 0.2) is 0 Å². The summed E-state index contributed by atoms with van der Waals surface area (Å²) < 4.78 is 0. The molecule has 5 heteroatoms. The minimum absolute atomic E-state index is 0.831. The zero-order valence-electron chi connectivity index (χ0n) is 9.53. The fourth-order valence-corrected chi connectivity index (χ4v) is 2.56. The molecule has 0 amide bonds. The third-order valence-corrected chi connectivity index (χ3v) is 3.42. The Labute approximate surface area is 99.2 Å². The van der Waals surface area contributed by atoms with E-state index in [4.69, 9.17) is 5.73 Å². The Kier molecular flexibility index (Phi) is 3.36. The van der Waals surface area contributed by atoms with Crippen LogP contribution in [0.1, 0.15) is 0 Å². The monoisotopic (exact) mass is 236 g/mol. The Bertz CT molecular complexity index is 478. The van der Waals surface area contributed by atoms with E-state index in [1.54, 1.807) is 18.0 Å². The maximum Gasteiger partial charge on any atom is 0.0662 e. The van der Waals surface area contributed by atoms with Crippen molar-refractivity contribution in [3.63, 3.8) is 0 Å². The summed E-state index contributed by atoms with van der Waals surface area (Å²) in [5.74, 6) is 1.04. The third-order valence-electron chi connectivity index (χ3n) is 2.37. The minimum Gasteiger partial charge on any atom is -0.398 e. The molecule has 0 aliphatic rings. The average Bonchev–Trinajstić information content (AvgIpc) is 2.64. The van der Waals surface area contributed by atoms with Crippen molar-refractivity contribution in [3.8, 4) is 0 Å². The van der Waals surface area contributed by atoms with Crippen molar-refractivity contribution in [1.82, 2.24) is 15.1 Å². The standard InChI is InChI=1S/C11H16N4S/c1-15(2)3-4-16-11-6-10-8(5-9(11)12)7-13-14-10/h5-7H,3-4,12H2,1-2H3,(H,13,14). The van der Waals surface area contributed by atoms with Gasteiger partial charge < -0.3 is 10.6 Å². The average molecular weight is 236 g/mol. The Morgan fingerprint density at radius 2 is 2.25 bits per heavy atom. The van der Waals surface area contributed by atoms with Gasteiger partial charge in [-0.05, 0) is 26.2 Å². The number of thioether (sulfide) groups is 1. The van der Waals surface area contributed by atoms with Gasteiger partial charge in [-0.2, -0.15) is 5.10 Å². The molecule has 0 saturated carbocycles. The summed E-state index contributed by atoms with van der Waals surface area (Å²) in [6.07, 6.45) is 1.79. The number of hydrogen-bond donors (Lipinski definition) is 2. The number of H-pyrrole nitrogens is 1. The fraction of sp³-hybridized carbons (Fsp3) is 0.364. The van der Waals surface area contributed by atoms with Crippen LogP contribution in [-0.2, 0) is 0 Å². The molecule has 16 heavy (non-hydrogen) atoms. The van der Waals surface area contributed by atoms with E-state index < -0.39 is 0 Å². The van der Waals surface area contributed by atoms with E-state index in [2.05, 4.69) is 35.3 Å². The molecule has 0 radical (unpaired) electrons. The second kappa shape index (κ2) is 4.76. The number of nitrogens with zero attached hydrogens (tertiary/aromatic N) is 2. The molecule has 0 aliphatic heterocycles. The second-order valence-corrected chi connectivity index (χ2v) is 5.14. The van der Waals surface area contributed by atoms with Crippen LogP contribution in [0.15, 0.2) is 23.2 Å². The van der Waals surface area contributed by atoms with Crippen LogP contribution in [0.25, 0.3) is 10.9 Å². The number of nitrogens with one attached hydrogen (secondary N) is 1. The highest BCUT2D eigenvalue weighted by Crippen LogP contribution is 2.28. The largest absolute Gasteiger partial charge is 0.398 e. The van der Waals surface area contributed by atoms with Crippen LogP contribution in [-0.4, -0.2) is 41.5 Å². The Balaban J connectivity index is 2.13. The summed E-state index contributed by atoms with van der Waals surface area (Å²) in [4.78, 5) is 3.29. The van der Waals surface area contributed by atoms with Gasteiger partial charge in [0, 0.05) is 28.3 Å². The minimum atomic E-state index is 0.831. The highest BCUT2D eigenvalue weighted by molar-refractivity contribution is 7.99. The smallest absolute Gasteiger partial charge is 0.0662 e. The molecule has 0 aliphatic carbocycles. The molecule has 86 valence electrons. The molecule has 0 unspecified atom stereocenters.